The Morgan fingerprint density at radius 1 is 0.558 bits per heavy atom. The molecule has 4 heterocycles. The third-order valence-electron chi connectivity index (χ3n) is 8.64. The number of nitrogens with zero attached hydrogens (tertiary/aromatic N) is 2. The van der Waals surface area contributed by atoms with Gasteiger partial charge in [0.2, 0.25) is 0 Å². The zero-order valence-corrected chi connectivity index (χ0v) is 25.9. The molecule has 3 heteroatoms. The number of fused-ring (bicyclic) bond motifs is 9. The topological polar surface area (TPSA) is 40.5 Å². The van der Waals surface area contributed by atoms with Gasteiger partial charge < -0.3 is 4.98 Å². The third kappa shape index (κ3) is 6.03. The summed E-state index contributed by atoms with van der Waals surface area (Å²) in [7, 11) is 0. The van der Waals surface area contributed by atoms with Gasteiger partial charge in [0.15, 0.2) is 0 Å². The Labute approximate surface area is 255 Å². The van der Waals surface area contributed by atoms with Crippen LogP contribution in [0.15, 0.2) is 116 Å². The van der Waals surface area contributed by atoms with Crippen LogP contribution in [0.1, 0.15) is 77.3 Å². The molecule has 0 amide bonds. The highest BCUT2D eigenvalue weighted by molar-refractivity contribution is 6.25. The first kappa shape index (κ1) is 28.6. The van der Waals surface area contributed by atoms with E-state index in [-0.39, 0.29) is 0 Å². The lowest BCUT2D eigenvalue weighted by Crippen LogP contribution is -2.14. The van der Waals surface area contributed by atoms with Crippen LogP contribution in [-0.4, -0.2) is 16.4 Å². The molecule has 3 nitrogen and oxygen atoms in total. The minimum absolute atomic E-state index is 1.02. The molecular formula is C40H41N3. The molecule has 216 valence electrons. The molecule has 2 aromatic carbocycles. The number of hydrogen-bond acceptors (Lipinski definition) is 2. The Bertz CT molecular complexity index is 1820. The van der Waals surface area contributed by atoms with Gasteiger partial charge in [-0.15, -0.1) is 0 Å². The molecule has 6 rings (SSSR count). The molecule has 0 radical (unpaired) electrons. The van der Waals surface area contributed by atoms with Gasteiger partial charge in [-0.1, -0.05) is 93.4 Å². The van der Waals surface area contributed by atoms with E-state index in [1.807, 2.05) is 0 Å². The summed E-state index contributed by atoms with van der Waals surface area (Å²) in [4.78, 5) is 14.3. The summed E-state index contributed by atoms with van der Waals surface area (Å²) < 4.78 is 0. The van der Waals surface area contributed by atoms with Crippen LogP contribution in [0.4, 0.5) is 0 Å². The molecule has 0 fully saturated rings. The molecule has 1 aromatic heterocycles. The maximum Gasteiger partial charge on any atom is 0.0693 e. The first-order valence-electron chi connectivity index (χ1n) is 15.8. The van der Waals surface area contributed by atoms with Crippen molar-refractivity contribution in [2.24, 2.45) is 9.98 Å². The van der Waals surface area contributed by atoms with Gasteiger partial charge in [-0.2, -0.15) is 0 Å². The number of unbranched alkanes of at least 4 members (excludes halogenated alkanes) is 2. The SMILES string of the molecule is CCCCC1=C(C)C2=Cc3cccccccc(c3)C=C3N=C(C=c4[nH]c(c5ccccc45)=CC1=N2)C(CCCC)=C3C. The number of allylic oxidation sites excluding steroid dienone is 4. The van der Waals surface area contributed by atoms with E-state index in [0.717, 1.165) is 83.2 Å². The Balaban J connectivity index is 1.70. The molecular weight excluding hydrogens is 522 g/mol. The van der Waals surface area contributed by atoms with Gasteiger partial charge in [-0.05, 0) is 103 Å². The fourth-order valence-electron chi connectivity index (χ4n) is 6.16. The zero-order valence-electron chi connectivity index (χ0n) is 25.9. The normalized spacial score (nSPS) is 15.8. The van der Waals surface area contributed by atoms with Crippen molar-refractivity contribution in [3.8, 4) is 0 Å². The Hall–Kier alpha value is -4.50. The van der Waals surface area contributed by atoms with Gasteiger partial charge in [0.25, 0.3) is 0 Å². The van der Waals surface area contributed by atoms with E-state index in [0.29, 0.717) is 0 Å². The number of rotatable bonds is 6. The van der Waals surface area contributed by atoms with Gasteiger partial charge in [0.05, 0.1) is 22.8 Å². The maximum absolute atomic E-state index is 5.26. The first-order chi connectivity index (χ1) is 21.1. The summed E-state index contributed by atoms with van der Waals surface area (Å²) in [6, 6.07) is 25.7. The van der Waals surface area contributed by atoms with Crippen LogP contribution < -0.4 is 10.7 Å². The highest BCUT2D eigenvalue weighted by Gasteiger charge is 2.21. The van der Waals surface area contributed by atoms with Crippen molar-refractivity contribution in [1.29, 1.82) is 0 Å². The maximum atomic E-state index is 5.26. The minimum atomic E-state index is 1.02. The molecule has 0 aliphatic carbocycles. The van der Waals surface area contributed by atoms with Crippen molar-refractivity contribution in [1.82, 2.24) is 4.98 Å². The predicted molar refractivity (Wildman–Crippen MR) is 186 cm³/mol. The number of aliphatic imine (C=N–C) groups is 2. The van der Waals surface area contributed by atoms with E-state index < -0.39 is 0 Å². The summed E-state index contributed by atoms with van der Waals surface area (Å²) >= 11 is 0. The standard InChI is InChI=1S/C40H41N3/c1-5-7-18-31-27(3)35-23-29-16-12-10-9-11-13-17-30(22-29)24-36-28(4)32(19-8-6-2)38(42-36)26-40-34-21-15-14-20-33(34)39(43-40)25-37(31)41-35/h9-17,20-26,43H,5-8,18-19H2,1-4H3. The Morgan fingerprint density at radius 3 is 1.47 bits per heavy atom. The molecule has 3 aliphatic heterocycles. The number of hydrogen-bond donors (Lipinski definition) is 1. The molecule has 43 heavy (non-hydrogen) atoms. The van der Waals surface area contributed by atoms with Crippen LogP contribution in [0, 0.1) is 0 Å². The fraction of sp³-hybridized carbons (Fsp3) is 0.250. The van der Waals surface area contributed by atoms with Crippen LogP contribution in [0.5, 0.6) is 0 Å². The zero-order chi connectivity index (χ0) is 29.8. The minimum Gasteiger partial charge on any atom is -0.354 e. The third-order valence-corrected chi connectivity index (χ3v) is 8.64. The second kappa shape index (κ2) is 12.8. The summed E-state index contributed by atoms with van der Waals surface area (Å²) in [6.07, 6.45) is 15.6. The molecule has 0 spiro atoms. The summed E-state index contributed by atoms with van der Waals surface area (Å²) in [5.41, 5.74) is 11.6. The van der Waals surface area contributed by atoms with Gasteiger partial charge in [0, 0.05) is 21.5 Å². The number of H-pyrrole nitrogens is 1. The van der Waals surface area contributed by atoms with E-state index in [2.05, 4.69) is 130 Å². The Kier molecular flexibility index (Phi) is 8.51. The molecule has 0 saturated carbocycles. The second-order valence-corrected chi connectivity index (χ2v) is 11.7. The monoisotopic (exact) mass is 563 g/mol. The average molecular weight is 564 g/mol. The van der Waals surface area contributed by atoms with Crippen LogP contribution in [0.2, 0.25) is 0 Å². The molecule has 8 bridgehead atoms. The smallest absolute Gasteiger partial charge is 0.0693 e. The Morgan fingerprint density at radius 2 is 1.00 bits per heavy atom. The predicted octanol–water partition coefficient (Wildman–Crippen LogP) is 9.17. The van der Waals surface area contributed by atoms with E-state index in [4.69, 9.17) is 9.98 Å². The highest BCUT2D eigenvalue weighted by atomic mass is 14.8. The molecule has 0 saturated heterocycles. The van der Waals surface area contributed by atoms with Gasteiger partial charge in [0.1, 0.15) is 0 Å². The molecule has 3 aliphatic rings. The summed E-state index contributed by atoms with van der Waals surface area (Å²) in [5.74, 6) is 0. The summed E-state index contributed by atoms with van der Waals surface area (Å²) in [6.45, 7) is 8.97. The van der Waals surface area contributed by atoms with Crippen molar-refractivity contribution in [3.63, 3.8) is 0 Å². The van der Waals surface area contributed by atoms with Crippen molar-refractivity contribution < 1.29 is 0 Å². The van der Waals surface area contributed by atoms with Crippen LogP contribution in [0.25, 0.3) is 35.1 Å². The number of nitrogens with one attached hydrogen (secondary N) is 1. The molecule has 0 unspecified atom stereocenters. The van der Waals surface area contributed by atoms with Crippen molar-refractivity contribution in [3.05, 3.63) is 128 Å². The first-order valence-corrected chi connectivity index (χ1v) is 15.8. The number of benzene rings is 1. The molecule has 3 aromatic rings. The van der Waals surface area contributed by atoms with E-state index in [1.165, 1.54) is 33.1 Å². The van der Waals surface area contributed by atoms with Crippen LogP contribution >= 0.6 is 0 Å². The van der Waals surface area contributed by atoms with Gasteiger partial charge in [-0.25, -0.2) is 9.98 Å². The number of aromatic amines is 1. The van der Waals surface area contributed by atoms with Crippen molar-refractivity contribution >= 4 is 46.5 Å². The van der Waals surface area contributed by atoms with Gasteiger partial charge in [-0.3, -0.25) is 0 Å². The van der Waals surface area contributed by atoms with Crippen molar-refractivity contribution in [2.75, 3.05) is 0 Å². The molecule has 1 N–H and O–H groups in total. The lowest BCUT2D eigenvalue weighted by atomic mass is 9.98. The van der Waals surface area contributed by atoms with E-state index >= 15 is 0 Å². The highest BCUT2D eigenvalue weighted by Crippen LogP contribution is 2.33. The van der Waals surface area contributed by atoms with E-state index in [9.17, 15) is 0 Å². The summed E-state index contributed by atoms with van der Waals surface area (Å²) in [5, 5.41) is 4.62. The number of aromatic nitrogens is 1. The lowest BCUT2D eigenvalue weighted by Gasteiger charge is -2.05. The molecule has 0 atom stereocenters. The quantitative estimate of drug-likeness (QED) is 0.311. The fourth-order valence-corrected chi connectivity index (χ4v) is 6.16. The van der Waals surface area contributed by atoms with Crippen molar-refractivity contribution in [2.45, 2.75) is 66.2 Å². The van der Waals surface area contributed by atoms with Gasteiger partial charge >= 0.3 is 0 Å². The largest absolute Gasteiger partial charge is 0.354 e. The van der Waals surface area contributed by atoms with Crippen LogP contribution in [-0.2, 0) is 0 Å². The second-order valence-electron chi connectivity index (χ2n) is 11.7. The van der Waals surface area contributed by atoms with E-state index in [1.54, 1.807) is 0 Å². The average Bonchev–Trinajstić information content (AvgIpc) is 3.60. The van der Waals surface area contributed by atoms with Crippen LogP contribution in [0.3, 0.4) is 0 Å². The lowest BCUT2D eigenvalue weighted by molar-refractivity contribution is 0.801.